The summed E-state index contributed by atoms with van der Waals surface area (Å²) in [5, 5.41) is 4.27. The van der Waals surface area contributed by atoms with Gasteiger partial charge < -0.3 is 10.2 Å². The van der Waals surface area contributed by atoms with Crippen molar-refractivity contribution in [3.8, 4) is 0 Å². The number of pyridine rings is 1. The SMILES string of the molecule is O=C(NC[C@@H]1C[C@H]2C=C[C@H]1C21CC1)C1CCN(c2cccc3c2C(=O)N(Cc2cnc4ccccc4c2)C3=O)CC1. The van der Waals surface area contributed by atoms with Crippen molar-refractivity contribution in [3.05, 3.63) is 83.6 Å². The minimum atomic E-state index is -0.266. The number of imide groups is 1. The van der Waals surface area contributed by atoms with Crippen LogP contribution in [0, 0.1) is 29.1 Å². The van der Waals surface area contributed by atoms with Crippen LogP contribution in [0.5, 0.6) is 0 Å². The number of nitrogens with one attached hydrogen (secondary N) is 1. The second kappa shape index (κ2) is 9.26. The van der Waals surface area contributed by atoms with E-state index >= 15 is 0 Å². The van der Waals surface area contributed by atoms with Gasteiger partial charge in [0.2, 0.25) is 5.91 Å². The molecule has 1 spiro atoms. The lowest BCUT2D eigenvalue weighted by Gasteiger charge is -2.34. The molecule has 3 fully saturated rings. The van der Waals surface area contributed by atoms with Gasteiger partial charge in [-0.15, -0.1) is 0 Å². The number of carbonyl (C=O) groups excluding carboxylic acids is 3. The average molecular weight is 547 g/mol. The Morgan fingerprint density at radius 1 is 1.00 bits per heavy atom. The van der Waals surface area contributed by atoms with Crippen molar-refractivity contribution >= 4 is 34.3 Å². The number of hydrogen-bond acceptors (Lipinski definition) is 5. The van der Waals surface area contributed by atoms with Gasteiger partial charge in [0.25, 0.3) is 11.8 Å². The zero-order chi connectivity index (χ0) is 27.7. The molecule has 1 saturated heterocycles. The number of anilines is 1. The first kappa shape index (κ1) is 24.8. The number of piperidine rings is 1. The number of allylic oxidation sites excluding steroid dienone is 2. The number of hydrogen-bond donors (Lipinski definition) is 1. The maximum absolute atomic E-state index is 13.6. The molecule has 41 heavy (non-hydrogen) atoms. The normalized spacial score (nSPS) is 25.9. The first-order chi connectivity index (χ1) is 20.0. The maximum Gasteiger partial charge on any atom is 0.263 e. The van der Waals surface area contributed by atoms with Crippen LogP contribution < -0.4 is 10.2 Å². The van der Waals surface area contributed by atoms with Crippen molar-refractivity contribution in [2.45, 2.75) is 38.6 Å². The Morgan fingerprint density at radius 2 is 1.83 bits per heavy atom. The Kier molecular flexibility index (Phi) is 5.60. The van der Waals surface area contributed by atoms with Crippen molar-refractivity contribution in [2.75, 3.05) is 24.5 Å². The van der Waals surface area contributed by atoms with Crippen LogP contribution in [0.25, 0.3) is 10.9 Å². The molecule has 3 atom stereocenters. The lowest BCUT2D eigenvalue weighted by Crippen LogP contribution is -2.42. The third-order valence-corrected chi connectivity index (χ3v) is 10.6. The summed E-state index contributed by atoms with van der Waals surface area (Å²) in [6.07, 6.45) is 12.0. The number of amides is 3. The molecule has 2 saturated carbocycles. The highest BCUT2D eigenvalue weighted by Crippen LogP contribution is 2.69. The van der Waals surface area contributed by atoms with Crippen LogP contribution in [-0.2, 0) is 11.3 Å². The fourth-order valence-electron chi connectivity index (χ4n) is 8.22. The molecule has 3 aromatic rings. The molecule has 2 aliphatic heterocycles. The predicted octanol–water partition coefficient (Wildman–Crippen LogP) is 4.97. The monoisotopic (exact) mass is 546 g/mol. The number of nitrogens with zero attached hydrogens (tertiary/aromatic N) is 3. The third-order valence-electron chi connectivity index (χ3n) is 10.6. The van der Waals surface area contributed by atoms with Crippen molar-refractivity contribution in [3.63, 3.8) is 0 Å². The summed E-state index contributed by atoms with van der Waals surface area (Å²) >= 11 is 0. The standard InChI is InChI=1S/C34H34N4O3/c39-31(36-19-24-17-25-8-9-27(24)34(25)12-13-34)22-10-14-37(15-11-22)29-7-3-5-26-30(29)33(41)38(32(26)40)20-21-16-23-4-1-2-6-28(23)35-18-21/h1-9,16,18,22,24-25,27H,10-15,17,19-20H2,(H,36,39)/t24-,25+,27+/m0/s1. The highest BCUT2D eigenvalue weighted by atomic mass is 16.2. The summed E-state index contributed by atoms with van der Waals surface area (Å²) in [5.74, 6) is 1.61. The van der Waals surface area contributed by atoms with E-state index in [4.69, 9.17) is 0 Å². The van der Waals surface area contributed by atoms with Gasteiger partial charge in [0, 0.05) is 37.1 Å². The first-order valence-corrected chi connectivity index (χ1v) is 15.1. The number of aromatic nitrogens is 1. The van der Waals surface area contributed by atoms with E-state index in [0.717, 1.165) is 47.5 Å². The highest BCUT2D eigenvalue weighted by molar-refractivity contribution is 6.23. The number of rotatable bonds is 6. The lowest BCUT2D eigenvalue weighted by atomic mass is 9.88. The topological polar surface area (TPSA) is 82.6 Å². The van der Waals surface area contributed by atoms with Crippen LogP contribution in [0.2, 0.25) is 0 Å². The average Bonchev–Trinajstić information content (AvgIpc) is 3.62. The Labute approximate surface area is 239 Å². The number of carbonyl (C=O) groups is 3. The fourth-order valence-corrected chi connectivity index (χ4v) is 8.22. The molecular formula is C34H34N4O3. The summed E-state index contributed by atoms with van der Waals surface area (Å²) in [5.41, 5.74) is 3.98. The van der Waals surface area contributed by atoms with E-state index in [1.165, 1.54) is 24.2 Å². The van der Waals surface area contributed by atoms with Gasteiger partial charge in [-0.25, -0.2) is 0 Å². The van der Waals surface area contributed by atoms with Gasteiger partial charge in [0.15, 0.2) is 0 Å². The molecule has 5 aliphatic rings. The molecule has 2 aromatic carbocycles. The minimum Gasteiger partial charge on any atom is -0.371 e. The van der Waals surface area contributed by atoms with E-state index in [2.05, 4.69) is 27.4 Å². The van der Waals surface area contributed by atoms with E-state index < -0.39 is 0 Å². The number of benzene rings is 2. The van der Waals surface area contributed by atoms with Crippen LogP contribution in [0.3, 0.4) is 0 Å². The summed E-state index contributed by atoms with van der Waals surface area (Å²) in [7, 11) is 0. The van der Waals surface area contributed by atoms with Crippen LogP contribution in [0.4, 0.5) is 5.69 Å². The molecule has 7 nitrogen and oxygen atoms in total. The van der Waals surface area contributed by atoms with Gasteiger partial charge in [-0.3, -0.25) is 24.3 Å². The molecule has 3 aliphatic carbocycles. The van der Waals surface area contributed by atoms with Gasteiger partial charge in [0.1, 0.15) is 0 Å². The molecule has 7 heteroatoms. The van der Waals surface area contributed by atoms with E-state index in [9.17, 15) is 14.4 Å². The minimum absolute atomic E-state index is 0.0127. The van der Waals surface area contributed by atoms with Crippen molar-refractivity contribution in [2.24, 2.45) is 29.1 Å². The molecule has 1 N–H and O–H groups in total. The van der Waals surface area contributed by atoms with Gasteiger partial charge in [-0.2, -0.15) is 0 Å². The number of fused-ring (bicyclic) bond motifs is 2. The van der Waals surface area contributed by atoms with E-state index in [-0.39, 0.29) is 30.2 Å². The summed E-state index contributed by atoms with van der Waals surface area (Å²) < 4.78 is 0. The van der Waals surface area contributed by atoms with E-state index in [1.807, 2.05) is 42.5 Å². The largest absolute Gasteiger partial charge is 0.371 e. The Balaban J connectivity index is 0.920. The fraction of sp³-hybridized carbons (Fsp3) is 0.412. The quantitative estimate of drug-likeness (QED) is 0.349. The molecular weight excluding hydrogens is 512 g/mol. The predicted molar refractivity (Wildman–Crippen MR) is 156 cm³/mol. The Hall–Kier alpha value is -4.00. The second-order valence-electron chi connectivity index (χ2n) is 12.7. The Morgan fingerprint density at radius 3 is 2.63 bits per heavy atom. The smallest absolute Gasteiger partial charge is 0.263 e. The summed E-state index contributed by atoms with van der Waals surface area (Å²) in [4.78, 5) is 48.1. The Bertz CT molecular complexity index is 1620. The molecule has 3 amide bonds. The van der Waals surface area contributed by atoms with Gasteiger partial charge >= 0.3 is 0 Å². The van der Waals surface area contributed by atoms with Crippen molar-refractivity contribution in [1.29, 1.82) is 0 Å². The molecule has 208 valence electrons. The van der Waals surface area contributed by atoms with E-state index in [1.54, 1.807) is 12.3 Å². The zero-order valence-corrected chi connectivity index (χ0v) is 23.1. The third kappa shape index (κ3) is 3.92. The highest BCUT2D eigenvalue weighted by Gasteiger charge is 2.62. The first-order valence-electron chi connectivity index (χ1n) is 15.1. The molecule has 8 rings (SSSR count). The molecule has 2 bridgehead atoms. The van der Waals surface area contributed by atoms with Crippen molar-refractivity contribution in [1.82, 2.24) is 15.2 Å². The lowest BCUT2D eigenvalue weighted by molar-refractivity contribution is -0.125. The second-order valence-corrected chi connectivity index (χ2v) is 12.7. The molecule has 0 unspecified atom stereocenters. The van der Waals surface area contributed by atoms with Crippen LogP contribution in [0.15, 0.2) is 66.9 Å². The summed E-state index contributed by atoms with van der Waals surface area (Å²) in [6.45, 7) is 2.35. The maximum atomic E-state index is 13.6. The van der Waals surface area contributed by atoms with E-state index in [0.29, 0.717) is 41.5 Å². The van der Waals surface area contributed by atoms with Crippen LogP contribution in [0.1, 0.15) is 58.4 Å². The van der Waals surface area contributed by atoms with Crippen LogP contribution in [-0.4, -0.2) is 47.2 Å². The van der Waals surface area contributed by atoms with Crippen LogP contribution >= 0.6 is 0 Å². The zero-order valence-electron chi connectivity index (χ0n) is 23.1. The van der Waals surface area contributed by atoms with Gasteiger partial charge in [-0.1, -0.05) is 36.4 Å². The molecule has 1 aromatic heterocycles. The number of para-hydroxylation sites is 1. The van der Waals surface area contributed by atoms with Gasteiger partial charge in [-0.05, 0) is 85.1 Å². The molecule has 3 heterocycles. The van der Waals surface area contributed by atoms with Crippen molar-refractivity contribution < 1.29 is 14.4 Å². The summed E-state index contributed by atoms with van der Waals surface area (Å²) in [6, 6.07) is 15.3. The molecule has 0 radical (unpaired) electrons. The van der Waals surface area contributed by atoms with Gasteiger partial charge in [0.05, 0.1) is 28.9 Å².